The van der Waals surface area contributed by atoms with Crippen molar-refractivity contribution in [3.05, 3.63) is 35.9 Å². The van der Waals surface area contributed by atoms with Gasteiger partial charge in [-0.15, -0.1) is 0 Å². The van der Waals surface area contributed by atoms with Crippen LogP contribution in [0.4, 0.5) is 0 Å². The van der Waals surface area contributed by atoms with Crippen molar-refractivity contribution in [2.45, 2.75) is 37.5 Å². The maximum Gasteiger partial charge on any atom is 0.304 e. The van der Waals surface area contributed by atoms with E-state index in [2.05, 4.69) is 6.07 Å². The van der Waals surface area contributed by atoms with Crippen LogP contribution in [-0.4, -0.2) is 11.1 Å². The molecule has 1 radical (unpaired) electrons. The van der Waals surface area contributed by atoms with Gasteiger partial charge in [-0.2, -0.15) is 0 Å². The molecule has 0 unspecified atom stereocenters. The zero-order chi connectivity index (χ0) is 10.7. The van der Waals surface area contributed by atoms with Crippen LogP contribution in [0.2, 0.25) is 0 Å². The van der Waals surface area contributed by atoms with Gasteiger partial charge < -0.3 is 5.11 Å². The number of benzene rings is 1. The maximum atomic E-state index is 10.9. The Hall–Kier alpha value is -1.31. The van der Waals surface area contributed by atoms with Crippen molar-refractivity contribution in [1.29, 1.82) is 0 Å². The van der Waals surface area contributed by atoms with Crippen LogP contribution >= 0.6 is 0 Å². The lowest BCUT2D eigenvalue weighted by Gasteiger charge is -2.27. The van der Waals surface area contributed by atoms with E-state index >= 15 is 0 Å². The van der Waals surface area contributed by atoms with E-state index in [0.29, 0.717) is 0 Å². The Kier molecular flexibility index (Phi) is 2.76. The van der Waals surface area contributed by atoms with Gasteiger partial charge in [-0.3, -0.25) is 4.79 Å². The first-order valence-electron chi connectivity index (χ1n) is 5.42. The molecular weight excluding hydrogens is 188 g/mol. The molecule has 2 heteroatoms. The molecule has 2 rings (SSSR count). The molecule has 0 aliphatic heterocycles. The minimum absolute atomic E-state index is 0.146. The van der Waals surface area contributed by atoms with E-state index in [4.69, 9.17) is 5.11 Å². The fraction of sp³-hybridized carbons (Fsp3) is 0.462. The molecule has 0 aromatic heterocycles. The molecule has 1 aliphatic rings. The van der Waals surface area contributed by atoms with E-state index in [9.17, 15) is 4.79 Å². The molecule has 1 aromatic carbocycles. The van der Waals surface area contributed by atoms with Crippen LogP contribution in [0, 0.1) is 6.07 Å². The van der Waals surface area contributed by atoms with Gasteiger partial charge in [0, 0.05) is 5.41 Å². The van der Waals surface area contributed by atoms with Crippen LogP contribution in [0.25, 0.3) is 0 Å². The van der Waals surface area contributed by atoms with E-state index in [1.807, 2.05) is 24.3 Å². The monoisotopic (exact) mass is 203 g/mol. The lowest BCUT2D eigenvalue weighted by atomic mass is 9.76. The molecule has 0 atom stereocenters. The van der Waals surface area contributed by atoms with Gasteiger partial charge in [0.15, 0.2) is 0 Å². The third kappa shape index (κ3) is 2.04. The third-order valence-corrected chi connectivity index (χ3v) is 3.33. The summed E-state index contributed by atoms with van der Waals surface area (Å²) in [5.74, 6) is -0.700. The molecular formula is C13H15O2. The smallest absolute Gasteiger partial charge is 0.304 e. The first-order valence-corrected chi connectivity index (χ1v) is 5.42. The van der Waals surface area contributed by atoms with Gasteiger partial charge in [0.1, 0.15) is 0 Å². The molecule has 0 amide bonds. The van der Waals surface area contributed by atoms with E-state index in [-0.39, 0.29) is 11.8 Å². The van der Waals surface area contributed by atoms with Crippen LogP contribution < -0.4 is 0 Å². The molecule has 1 aliphatic carbocycles. The van der Waals surface area contributed by atoms with E-state index in [1.54, 1.807) is 0 Å². The van der Waals surface area contributed by atoms with Gasteiger partial charge in [0.2, 0.25) is 0 Å². The minimum Gasteiger partial charge on any atom is -0.481 e. The van der Waals surface area contributed by atoms with Crippen molar-refractivity contribution >= 4 is 5.97 Å². The zero-order valence-corrected chi connectivity index (χ0v) is 8.70. The van der Waals surface area contributed by atoms with E-state index in [0.717, 1.165) is 31.2 Å². The molecule has 0 spiro atoms. The highest BCUT2D eigenvalue weighted by Gasteiger charge is 2.37. The highest BCUT2D eigenvalue weighted by molar-refractivity contribution is 5.69. The maximum absolute atomic E-state index is 10.9. The number of aliphatic carboxylic acids is 1. The summed E-state index contributed by atoms with van der Waals surface area (Å²) in [6, 6.07) is 11.0. The Morgan fingerprint density at radius 3 is 2.67 bits per heavy atom. The lowest BCUT2D eigenvalue weighted by molar-refractivity contribution is -0.138. The van der Waals surface area contributed by atoms with Gasteiger partial charge in [0.25, 0.3) is 0 Å². The second kappa shape index (κ2) is 4.05. The first-order chi connectivity index (χ1) is 7.23. The summed E-state index contributed by atoms with van der Waals surface area (Å²) in [6.07, 6.45) is 4.49. The molecule has 15 heavy (non-hydrogen) atoms. The van der Waals surface area contributed by atoms with Crippen molar-refractivity contribution in [3.63, 3.8) is 0 Å². The summed E-state index contributed by atoms with van der Waals surface area (Å²) >= 11 is 0. The Morgan fingerprint density at radius 2 is 2.13 bits per heavy atom. The number of carboxylic acids is 1. The highest BCUT2D eigenvalue weighted by Crippen LogP contribution is 2.43. The minimum atomic E-state index is -0.700. The quantitative estimate of drug-likeness (QED) is 0.820. The van der Waals surface area contributed by atoms with Gasteiger partial charge >= 0.3 is 5.97 Å². The van der Waals surface area contributed by atoms with Crippen LogP contribution in [0.5, 0.6) is 0 Å². The van der Waals surface area contributed by atoms with Crippen molar-refractivity contribution in [2.24, 2.45) is 0 Å². The highest BCUT2D eigenvalue weighted by atomic mass is 16.4. The van der Waals surface area contributed by atoms with Crippen LogP contribution in [-0.2, 0) is 10.2 Å². The predicted molar refractivity (Wildman–Crippen MR) is 57.7 cm³/mol. The van der Waals surface area contributed by atoms with Crippen molar-refractivity contribution < 1.29 is 9.90 Å². The molecule has 1 saturated carbocycles. The fourth-order valence-electron chi connectivity index (χ4n) is 2.61. The Morgan fingerprint density at radius 1 is 1.40 bits per heavy atom. The second-order valence-corrected chi connectivity index (χ2v) is 4.33. The van der Waals surface area contributed by atoms with Crippen LogP contribution in [0.15, 0.2) is 24.3 Å². The summed E-state index contributed by atoms with van der Waals surface area (Å²) in [6.45, 7) is 0. The normalized spacial score (nSPS) is 18.9. The zero-order valence-electron chi connectivity index (χ0n) is 8.70. The van der Waals surface area contributed by atoms with Gasteiger partial charge in [0.05, 0.1) is 6.42 Å². The van der Waals surface area contributed by atoms with Gasteiger partial charge in [-0.25, -0.2) is 0 Å². The second-order valence-electron chi connectivity index (χ2n) is 4.33. The molecule has 0 saturated heterocycles. The largest absolute Gasteiger partial charge is 0.481 e. The SMILES string of the molecule is O=C(O)CC1(c2[c]cccc2)CCCC1. The topological polar surface area (TPSA) is 37.3 Å². The molecule has 0 bridgehead atoms. The summed E-state index contributed by atoms with van der Waals surface area (Å²) in [4.78, 5) is 10.9. The fourth-order valence-corrected chi connectivity index (χ4v) is 2.61. The van der Waals surface area contributed by atoms with Crippen molar-refractivity contribution in [1.82, 2.24) is 0 Å². The van der Waals surface area contributed by atoms with Gasteiger partial charge in [-0.1, -0.05) is 37.1 Å². The van der Waals surface area contributed by atoms with Crippen LogP contribution in [0.1, 0.15) is 37.7 Å². The predicted octanol–water partition coefficient (Wildman–Crippen LogP) is 2.77. The number of hydrogen-bond acceptors (Lipinski definition) is 1. The molecule has 1 N–H and O–H groups in total. The Balaban J connectivity index is 2.30. The standard InChI is InChI=1S/C13H15O2/c14-12(15)10-13(8-4-5-9-13)11-6-2-1-3-7-11/h1-3,6H,4-5,8-10H2,(H,14,15). The summed E-state index contributed by atoms with van der Waals surface area (Å²) < 4.78 is 0. The number of rotatable bonds is 3. The van der Waals surface area contributed by atoms with Crippen molar-refractivity contribution in [2.75, 3.05) is 0 Å². The Labute approximate surface area is 89.9 Å². The molecule has 79 valence electrons. The van der Waals surface area contributed by atoms with Crippen LogP contribution in [0.3, 0.4) is 0 Å². The average Bonchev–Trinajstić information content (AvgIpc) is 2.68. The summed E-state index contributed by atoms with van der Waals surface area (Å²) in [5.41, 5.74) is 0.928. The average molecular weight is 203 g/mol. The molecule has 1 fully saturated rings. The number of carboxylic acid groups (broad SMARTS) is 1. The third-order valence-electron chi connectivity index (χ3n) is 3.33. The van der Waals surface area contributed by atoms with E-state index < -0.39 is 5.97 Å². The molecule has 2 nitrogen and oxygen atoms in total. The summed E-state index contributed by atoms with van der Waals surface area (Å²) in [5, 5.41) is 8.99. The van der Waals surface area contributed by atoms with E-state index in [1.165, 1.54) is 0 Å². The Bertz CT molecular complexity index is 337. The van der Waals surface area contributed by atoms with Gasteiger partial charge in [-0.05, 0) is 24.5 Å². The van der Waals surface area contributed by atoms with Crippen molar-refractivity contribution in [3.8, 4) is 0 Å². The molecule has 0 heterocycles. The first kappa shape index (κ1) is 10.2. The number of hydrogen-bond donors (Lipinski definition) is 1. The lowest BCUT2D eigenvalue weighted by Crippen LogP contribution is -2.25. The molecule has 1 aromatic rings. The summed E-state index contributed by atoms with van der Waals surface area (Å²) in [7, 11) is 0. The number of carbonyl (C=O) groups is 1.